The molecule has 150 valence electrons. The Morgan fingerprint density at radius 2 is 2.19 bits per heavy atom. The second-order valence-electron chi connectivity index (χ2n) is 7.76. The first-order chi connectivity index (χ1) is 12.9. The first kappa shape index (κ1) is 20.7. The summed E-state index contributed by atoms with van der Waals surface area (Å²) in [4.78, 5) is 19.9. The molecule has 0 amide bonds. The monoisotopic (exact) mass is 413 g/mol. The molecule has 3 heterocycles. The van der Waals surface area contributed by atoms with Crippen LogP contribution in [0.1, 0.15) is 36.0 Å². The number of aliphatic hydroxyl groups excluding tert-OH is 1. The minimum absolute atomic E-state index is 0.105. The standard InChI is InChI=1S/C19H28ClN3O3S/c1-27-8-2-5-22-12-15(24)10-19(13-22)3-6-23(7-4-19)17-16(20)9-14(11-21-17)18(25)26/h9,11,15,24H,2-8,10,12-13H2,1H3,(H,25,26). The normalized spacial score (nSPS) is 22.9. The van der Waals surface area contributed by atoms with Crippen molar-refractivity contribution >= 4 is 35.1 Å². The fraction of sp³-hybridized carbons (Fsp3) is 0.684. The van der Waals surface area contributed by atoms with Crippen LogP contribution >= 0.6 is 23.4 Å². The van der Waals surface area contributed by atoms with Gasteiger partial charge in [0, 0.05) is 32.4 Å². The van der Waals surface area contributed by atoms with Gasteiger partial charge in [0.1, 0.15) is 5.82 Å². The van der Waals surface area contributed by atoms with Crippen molar-refractivity contribution in [3.05, 3.63) is 22.8 Å². The zero-order chi connectivity index (χ0) is 19.4. The van der Waals surface area contributed by atoms with Crippen LogP contribution in [0.3, 0.4) is 0 Å². The molecule has 6 nitrogen and oxygen atoms in total. The Hall–Kier alpha value is -1.02. The number of hydrogen-bond acceptors (Lipinski definition) is 6. The topological polar surface area (TPSA) is 76.9 Å². The maximum atomic E-state index is 11.1. The lowest BCUT2D eigenvalue weighted by atomic mass is 9.71. The second-order valence-corrected chi connectivity index (χ2v) is 9.15. The molecule has 0 aromatic carbocycles. The highest BCUT2D eigenvalue weighted by Gasteiger charge is 2.41. The molecule has 0 saturated carbocycles. The third-order valence-corrected chi connectivity index (χ3v) is 6.69. The van der Waals surface area contributed by atoms with Crippen molar-refractivity contribution in [2.24, 2.45) is 5.41 Å². The third-order valence-electron chi connectivity index (χ3n) is 5.71. The van der Waals surface area contributed by atoms with Gasteiger partial charge in [-0.15, -0.1) is 0 Å². The van der Waals surface area contributed by atoms with Gasteiger partial charge in [-0.2, -0.15) is 11.8 Å². The van der Waals surface area contributed by atoms with Gasteiger partial charge in [-0.1, -0.05) is 11.6 Å². The molecule has 2 N–H and O–H groups in total. The number of aromatic carboxylic acids is 1. The number of halogens is 1. The van der Waals surface area contributed by atoms with Crippen LogP contribution in [-0.2, 0) is 0 Å². The quantitative estimate of drug-likeness (QED) is 0.694. The number of pyridine rings is 1. The summed E-state index contributed by atoms with van der Waals surface area (Å²) in [5.74, 6) is 0.792. The fourth-order valence-corrected chi connectivity index (χ4v) is 5.11. The van der Waals surface area contributed by atoms with Gasteiger partial charge in [-0.3, -0.25) is 0 Å². The van der Waals surface area contributed by atoms with E-state index in [1.807, 2.05) is 11.8 Å². The van der Waals surface area contributed by atoms with Gasteiger partial charge in [0.15, 0.2) is 0 Å². The first-order valence-corrected chi connectivity index (χ1v) is 11.2. The summed E-state index contributed by atoms with van der Waals surface area (Å²) < 4.78 is 0. The SMILES string of the molecule is CSCCCN1CC(O)CC2(CCN(c3ncc(C(=O)O)cc3Cl)CC2)C1. The highest BCUT2D eigenvalue weighted by Crippen LogP contribution is 2.41. The minimum atomic E-state index is -1.02. The van der Waals surface area contributed by atoms with E-state index >= 15 is 0 Å². The molecule has 0 aliphatic carbocycles. The molecule has 8 heteroatoms. The molecule has 1 aromatic rings. The van der Waals surface area contributed by atoms with Gasteiger partial charge in [0.25, 0.3) is 0 Å². The largest absolute Gasteiger partial charge is 0.478 e. The number of β-amino-alcohol motifs (C(OH)–C–C–N with tert-alkyl or cyclic N) is 1. The molecule has 2 fully saturated rings. The highest BCUT2D eigenvalue weighted by atomic mass is 35.5. The van der Waals surface area contributed by atoms with Gasteiger partial charge in [0.05, 0.1) is 16.7 Å². The number of piperidine rings is 2. The van der Waals surface area contributed by atoms with Gasteiger partial charge in [-0.05, 0) is 55.7 Å². The summed E-state index contributed by atoms with van der Waals surface area (Å²) in [5, 5.41) is 19.9. The number of hydrogen-bond donors (Lipinski definition) is 2. The molecule has 0 bridgehead atoms. The number of anilines is 1. The minimum Gasteiger partial charge on any atom is -0.478 e. The summed E-state index contributed by atoms with van der Waals surface area (Å²) >= 11 is 8.15. The van der Waals surface area contributed by atoms with Crippen LogP contribution in [0, 0.1) is 5.41 Å². The van der Waals surface area contributed by atoms with Gasteiger partial charge in [0.2, 0.25) is 0 Å². The van der Waals surface area contributed by atoms with Crippen LogP contribution in [0.15, 0.2) is 12.3 Å². The summed E-state index contributed by atoms with van der Waals surface area (Å²) in [5.41, 5.74) is 0.259. The number of carbonyl (C=O) groups is 1. The van der Waals surface area contributed by atoms with E-state index in [1.165, 1.54) is 12.3 Å². The van der Waals surface area contributed by atoms with Crippen molar-refractivity contribution in [1.82, 2.24) is 9.88 Å². The van der Waals surface area contributed by atoms with E-state index in [1.54, 1.807) is 0 Å². The van der Waals surface area contributed by atoms with Crippen molar-refractivity contribution in [1.29, 1.82) is 0 Å². The predicted molar refractivity (Wildman–Crippen MR) is 110 cm³/mol. The number of nitrogens with zero attached hydrogens (tertiary/aromatic N) is 3. The molecular formula is C19H28ClN3O3S. The Kier molecular flexibility index (Phi) is 6.89. The number of aliphatic hydroxyl groups is 1. The molecule has 27 heavy (non-hydrogen) atoms. The van der Waals surface area contributed by atoms with Crippen LogP contribution in [0.2, 0.25) is 5.02 Å². The number of carboxylic acid groups (broad SMARTS) is 1. The molecule has 1 aromatic heterocycles. The van der Waals surface area contributed by atoms with Crippen molar-refractivity contribution in [3.63, 3.8) is 0 Å². The molecule has 1 spiro atoms. The van der Waals surface area contributed by atoms with Gasteiger partial charge in [-0.25, -0.2) is 9.78 Å². The third kappa shape index (κ3) is 5.08. The van der Waals surface area contributed by atoms with E-state index in [9.17, 15) is 9.90 Å². The first-order valence-electron chi connectivity index (χ1n) is 9.46. The average molecular weight is 414 g/mol. The number of carboxylic acids is 1. The Bertz CT molecular complexity index is 668. The van der Waals surface area contributed by atoms with E-state index in [4.69, 9.17) is 16.7 Å². The molecule has 0 radical (unpaired) electrons. The molecule has 2 aliphatic heterocycles. The molecule has 2 aliphatic rings. The number of thioether (sulfide) groups is 1. The molecule has 2 saturated heterocycles. The Balaban J connectivity index is 1.62. The molecule has 1 atom stereocenters. The number of rotatable bonds is 6. The van der Waals surface area contributed by atoms with Crippen LogP contribution < -0.4 is 4.90 Å². The molecule has 1 unspecified atom stereocenters. The lowest BCUT2D eigenvalue weighted by molar-refractivity contribution is -0.0215. The second kappa shape index (κ2) is 8.99. The van der Waals surface area contributed by atoms with Crippen LogP contribution in [0.25, 0.3) is 0 Å². The van der Waals surface area contributed by atoms with E-state index in [0.29, 0.717) is 10.8 Å². The zero-order valence-corrected chi connectivity index (χ0v) is 17.3. The Labute approximate surface area is 169 Å². The molecule has 3 rings (SSSR count). The summed E-state index contributed by atoms with van der Waals surface area (Å²) in [6.07, 6.45) is 7.24. The predicted octanol–water partition coefficient (Wildman–Crippen LogP) is 2.84. The van der Waals surface area contributed by atoms with Gasteiger partial charge < -0.3 is 20.0 Å². The number of likely N-dealkylation sites (tertiary alicyclic amines) is 1. The Morgan fingerprint density at radius 3 is 2.81 bits per heavy atom. The Morgan fingerprint density at radius 1 is 1.44 bits per heavy atom. The van der Waals surface area contributed by atoms with E-state index < -0.39 is 5.97 Å². The smallest absolute Gasteiger partial charge is 0.337 e. The average Bonchev–Trinajstić information content (AvgIpc) is 2.62. The lowest BCUT2D eigenvalue weighted by Crippen LogP contribution is -2.54. The zero-order valence-electron chi connectivity index (χ0n) is 15.7. The fourth-order valence-electron chi connectivity index (χ4n) is 4.40. The number of aromatic nitrogens is 1. The summed E-state index contributed by atoms with van der Waals surface area (Å²) in [6.45, 7) is 4.53. The van der Waals surface area contributed by atoms with Crippen molar-refractivity contribution in [2.75, 3.05) is 49.6 Å². The van der Waals surface area contributed by atoms with Crippen LogP contribution in [-0.4, -0.2) is 76.9 Å². The summed E-state index contributed by atoms with van der Waals surface area (Å²) in [6, 6.07) is 1.47. The molecular weight excluding hydrogens is 386 g/mol. The maximum absolute atomic E-state index is 11.1. The van der Waals surface area contributed by atoms with E-state index in [2.05, 4.69) is 21.0 Å². The van der Waals surface area contributed by atoms with E-state index in [-0.39, 0.29) is 17.1 Å². The lowest BCUT2D eigenvalue weighted by Gasteiger charge is -2.49. The van der Waals surface area contributed by atoms with Crippen LogP contribution in [0.5, 0.6) is 0 Å². The van der Waals surface area contributed by atoms with Crippen LogP contribution in [0.4, 0.5) is 5.82 Å². The van der Waals surface area contributed by atoms with Crippen molar-refractivity contribution in [3.8, 4) is 0 Å². The summed E-state index contributed by atoms with van der Waals surface area (Å²) in [7, 11) is 0. The maximum Gasteiger partial charge on any atom is 0.337 e. The van der Waals surface area contributed by atoms with E-state index in [0.717, 1.165) is 64.2 Å². The van der Waals surface area contributed by atoms with Gasteiger partial charge >= 0.3 is 5.97 Å². The van der Waals surface area contributed by atoms with Crippen molar-refractivity contribution < 1.29 is 15.0 Å². The van der Waals surface area contributed by atoms with Crippen molar-refractivity contribution in [2.45, 2.75) is 31.8 Å². The highest BCUT2D eigenvalue weighted by molar-refractivity contribution is 7.98.